The molecule has 0 aromatic carbocycles. The summed E-state index contributed by atoms with van der Waals surface area (Å²) < 4.78 is 10.3. The molecule has 1 aromatic rings. The number of nitrogens with zero attached hydrogens (tertiary/aromatic N) is 2. The second kappa shape index (κ2) is 17.9. The van der Waals surface area contributed by atoms with E-state index in [2.05, 4.69) is 31.6 Å². The summed E-state index contributed by atoms with van der Waals surface area (Å²) in [5, 5.41) is 13.4. The fourth-order valence-electron chi connectivity index (χ4n) is 3.36. The lowest BCUT2D eigenvalue weighted by Crippen LogP contribution is -2.35. The molecule has 0 aliphatic rings. The van der Waals surface area contributed by atoms with E-state index in [1.807, 2.05) is 19.0 Å². The van der Waals surface area contributed by atoms with Gasteiger partial charge in [0.05, 0.1) is 0 Å². The molecule has 242 valence electrons. The van der Waals surface area contributed by atoms with Crippen LogP contribution in [0, 0.1) is 0 Å². The molecule has 0 aliphatic heterocycles. The molecule has 43 heavy (non-hydrogen) atoms. The van der Waals surface area contributed by atoms with Gasteiger partial charge in [-0.05, 0) is 93.6 Å². The van der Waals surface area contributed by atoms with Gasteiger partial charge in [0.15, 0.2) is 0 Å². The summed E-state index contributed by atoms with van der Waals surface area (Å²) in [6.45, 7) is 12.7. The van der Waals surface area contributed by atoms with Gasteiger partial charge in [0.1, 0.15) is 22.6 Å². The minimum Gasteiger partial charge on any atom is -0.444 e. The number of pyridine rings is 1. The molecule has 0 aliphatic carbocycles. The average Bonchev–Trinajstić information content (AvgIpc) is 2.87. The zero-order chi connectivity index (χ0) is 32.6. The Balaban J connectivity index is 2.80. The van der Waals surface area contributed by atoms with Crippen molar-refractivity contribution in [2.45, 2.75) is 72.0 Å². The average molecular weight is 608 g/mol. The quantitative estimate of drug-likeness (QED) is 0.187. The number of carbonyl (C=O) groups excluding carboxylic acids is 5. The van der Waals surface area contributed by atoms with E-state index < -0.39 is 41.1 Å². The predicted octanol–water partition coefficient (Wildman–Crippen LogP) is 2.05. The van der Waals surface area contributed by atoms with Crippen molar-refractivity contribution in [3.8, 4) is 0 Å². The van der Waals surface area contributed by atoms with Crippen LogP contribution < -0.4 is 26.6 Å². The van der Waals surface area contributed by atoms with Crippen LogP contribution in [0.3, 0.4) is 0 Å². The van der Waals surface area contributed by atoms with E-state index in [-0.39, 0.29) is 43.1 Å². The number of amides is 5. The Kier molecular flexibility index (Phi) is 15.4. The van der Waals surface area contributed by atoms with Gasteiger partial charge in [-0.25, -0.2) is 14.6 Å². The van der Waals surface area contributed by atoms with E-state index >= 15 is 0 Å². The molecule has 0 fully saturated rings. The lowest BCUT2D eigenvalue weighted by molar-refractivity contribution is 0.0515. The Morgan fingerprint density at radius 2 is 1.00 bits per heavy atom. The van der Waals surface area contributed by atoms with Gasteiger partial charge in [-0.1, -0.05) is 0 Å². The first-order chi connectivity index (χ1) is 20.0. The molecule has 0 atom stereocenters. The Hall–Kier alpha value is -3.94. The largest absolute Gasteiger partial charge is 0.444 e. The maximum Gasteiger partial charge on any atom is 0.407 e. The molecule has 5 N–H and O–H groups in total. The van der Waals surface area contributed by atoms with E-state index in [9.17, 15) is 24.0 Å². The second-order valence-electron chi connectivity index (χ2n) is 12.1. The number of hydrogen-bond donors (Lipinski definition) is 5. The molecular weight excluding hydrogens is 558 g/mol. The molecule has 0 saturated carbocycles. The van der Waals surface area contributed by atoms with Gasteiger partial charge in [0.25, 0.3) is 17.7 Å². The molecule has 0 bridgehead atoms. The van der Waals surface area contributed by atoms with Gasteiger partial charge in [0, 0.05) is 38.3 Å². The summed E-state index contributed by atoms with van der Waals surface area (Å²) in [7, 11) is 3.86. The first-order valence-electron chi connectivity index (χ1n) is 14.4. The third-order valence-corrected chi connectivity index (χ3v) is 5.24. The molecule has 0 saturated heterocycles. The SMILES string of the molecule is CN(C)CCCNC(=O)c1cc(C(=O)NCCCNC(=O)OC(C)(C)C)nc(C(=O)NCCCNC(=O)OC(C)(C)C)c1. The molecular formula is C29H49N7O7. The lowest BCUT2D eigenvalue weighted by Gasteiger charge is -2.19. The van der Waals surface area contributed by atoms with Crippen molar-refractivity contribution < 1.29 is 33.4 Å². The number of aromatic nitrogens is 1. The summed E-state index contributed by atoms with van der Waals surface area (Å²) in [6, 6.07) is 2.66. The standard InChI is InChI=1S/C29H49N7O7/c1-28(2,3)42-26(40)33-14-9-12-31-24(38)21-18-20(23(37)30-16-11-17-36(7)8)19-22(35-21)25(39)32-13-10-15-34-27(41)43-29(4,5)6/h18-19H,9-17H2,1-8H3,(H,30,37)(H,31,38)(H,32,39)(H,33,40)(H,34,41). The number of ether oxygens (including phenoxy) is 2. The van der Waals surface area contributed by atoms with Crippen LogP contribution in [0.1, 0.15) is 92.1 Å². The van der Waals surface area contributed by atoms with Gasteiger partial charge in [-0.2, -0.15) is 0 Å². The van der Waals surface area contributed by atoms with Gasteiger partial charge in [-0.15, -0.1) is 0 Å². The number of rotatable bonds is 15. The van der Waals surface area contributed by atoms with Crippen molar-refractivity contribution in [3.05, 3.63) is 29.1 Å². The maximum atomic E-state index is 12.9. The second-order valence-corrected chi connectivity index (χ2v) is 12.1. The Morgan fingerprint density at radius 1 is 0.628 bits per heavy atom. The van der Waals surface area contributed by atoms with Crippen molar-refractivity contribution in [1.82, 2.24) is 36.5 Å². The highest BCUT2D eigenvalue weighted by molar-refractivity contribution is 6.02. The highest BCUT2D eigenvalue weighted by atomic mass is 16.6. The Labute approximate surface area is 254 Å². The van der Waals surface area contributed by atoms with E-state index in [4.69, 9.17) is 9.47 Å². The van der Waals surface area contributed by atoms with Crippen molar-refractivity contribution in [3.63, 3.8) is 0 Å². The molecule has 1 rings (SSSR count). The predicted molar refractivity (Wildman–Crippen MR) is 162 cm³/mol. The molecule has 1 heterocycles. The van der Waals surface area contributed by atoms with Crippen LogP contribution in [0.15, 0.2) is 12.1 Å². The van der Waals surface area contributed by atoms with Crippen LogP contribution in [0.25, 0.3) is 0 Å². The van der Waals surface area contributed by atoms with Crippen molar-refractivity contribution in [2.24, 2.45) is 0 Å². The van der Waals surface area contributed by atoms with Crippen molar-refractivity contribution in [2.75, 3.05) is 53.4 Å². The van der Waals surface area contributed by atoms with Crippen LogP contribution in [0.2, 0.25) is 0 Å². The van der Waals surface area contributed by atoms with Crippen LogP contribution >= 0.6 is 0 Å². The van der Waals surface area contributed by atoms with Crippen LogP contribution in [0.5, 0.6) is 0 Å². The highest BCUT2D eigenvalue weighted by Gasteiger charge is 2.19. The number of nitrogens with one attached hydrogen (secondary N) is 5. The molecule has 0 spiro atoms. The smallest absolute Gasteiger partial charge is 0.407 e. The molecule has 0 radical (unpaired) electrons. The summed E-state index contributed by atoms with van der Waals surface area (Å²) >= 11 is 0. The third kappa shape index (κ3) is 17.6. The Bertz CT molecular complexity index is 1030. The summed E-state index contributed by atoms with van der Waals surface area (Å²) in [6.07, 6.45) is 0.449. The van der Waals surface area contributed by atoms with Crippen molar-refractivity contribution in [1.29, 1.82) is 0 Å². The summed E-state index contributed by atoms with van der Waals surface area (Å²) in [4.78, 5) is 68.3. The lowest BCUT2D eigenvalue weighted by atomic mass is 10.1. The maximum absolute atomic E-state index is 12.9. The molecule has 14 heteroatoms. The van der Waals surface area contributed by atoms with Gasteiger partial charge < -0.3 is 41.0 Å². The van der Waals surface area contributed by atoms with Crippen LogP contribution in [0.4, 0.5) is 9.59 Å². The summed E-state index contributed by atoms with van der Waals surface area (Å²) in [5.74, 6) is -1.59. The summed E-state index contributed by atoms with van der Waals surface area (Å²) in [5.41, 5.74) is -1.31. The van der Waals surface area contributed by atoms with Crippen molar-refractivity contribution >= 4 is 29.9 Å². The van der Waals surface area contributed by atoms with Gasteiger partial charge >= 0.3 is 12.2 Å². The van der Waals surface area contributed by atoms with E-state index in [0.29, 0.717) is 19.4 Å². The van der Waals surface area contributed by atoms with Crippen LogP contribution in [-0.4, -0.2) is 104 Å². The first kappa shape index (κ1) is 37.1. The molecule has 0 unspecified atom stereocenters. The number of alkyl carbamates (subject to hydrolysis) is 2. The highest BCUT2D eigenvalue weighted by Crippen LogP contribution is 2.09. The number of hydrogen-bond acceptors (Lipinski definition) is 9. The zero-order valence-electron chi connectivity index (χ0n) is 26.8. The zero-order valence-corrected chi connectivity index (χ0v) is 26.8. The minimum absolute atomic E-state index is 0.0993. The third-order valence-electron chi connectivity index (χ3n) is 5.24. The van der Waals surface area contributed by atoms with E-state index in [0.717, 1.165) is 13.0 Å². The molecule has 14 nitrogen and oxygen atoms in total. The van der Waals surface area contributed by atoms with Gasteiger partial charge in [-0.3, -0.25) is 14.4 Å². The minimum atomic E-state index is -0.616. The van der Waals surface area contributed by atoms with E-state index in [1.165, 1.54) is 12.1 Å². The fourth-order valence-corrected chi connectivity index (χ4v) is 3.36. The first-order valence-corrected chi connectivity index (χ1v) is 14.4. The number of carbonyl (C=O) groups is 5. The Morgan fingerprint density at radius 3 is 1.40 bits per heavy atom. The normalized spacial score (nSPS) is 11.4. The fraction of sp³-hybridized carbons (Fsp3) is 0.655. The molecule has 5 amide bonds. The molecule has 1 aromatic heterocycles. The van der Waals surface area contributed by atoms with E-state index in [1.54, 1.807) is 41.5 Å². The van der Waals surface area contributed by atoms with Gasteiger partial charge in [0.2, 0.25) is 0 Å². The topological polar surface area (TPSA) is 180 Å². The van der Waals surface area contributed by atoms with Crippen LogP contribution in [-0.2, 0) is 9.47 Å². The monoisotopic (exact) mass is 607 g/mol.